The molecular formula is C11H14ClNO4. The molecule has 0 fully saturated rings. The van der Waals surface area contributed by atoms with Gasteiger partial charge in [-0.3, -0.25) is 4.79 Å². The number of methoxy groups -OCH3 is 2. The number of rotatable bonds is 5. The van der Waals surface area contributed by atoms with Gasteiger partial charge in [-0.25, -0.2) is 0 Å². The van der Waals surface area contributed by atoms with Crippen molar-refractivity contribution in [2.24, 2.45) is 5.73 Å². The molecule has 0 bridgehead atoms. The van der Waals surface area contributed by atoms with Crippen LogP contribution in [-0.2, 0) is 11.2 Å². The number of carboxylic acid groups (broad SMARTS) is 1. The van der Waals surface area contributed by atoms with Gasteiger partial charge in [-0.1, -0.05) is 11.6 Å². The van der Waals surface area contributed by atoms with Crippen molar-refractivity contribution in [1.82, 2.24) is 0 Å². The van der Waals surface area contributed by atoms with E-state index in [-0.39, 0.29) is 6.42 Å². The van der Waals surface area contributed by atoms with E-state index in [4.69, 9.17) is 31.9 Å². The van der Waals surface area contributed by atoms with Crippen LogP contribution in [0.15, 0.2) is 12.1 Å². The van der Waals surface area contributed by atoms with E-state index < -0.39 is 12.0 Å². The Balaban J connectivity index is 3.11. The second-order valence-electron chi connectivity index (χ2n) is 3.45. The molecule has 0 aromatic heterocycles. The highest BCUT2D eigenvalue weighted by atomic mass is 35.5. The largest absolute Gasteiger partial charge is 0.497 e. The van der Waals surface area contributed by atoms with Gasteiger partial charge in [-0.2, -0.15) is 0 Å². The Hall–Kier alpha value is -1.46. The van der Waals surface area contributed by atoms with Crippen LogP contribution in [-0.4, -0.2) is 31.3 Å². The summed E-state index contributed by atoms with van der Waals surface area (Å²) in [5, 5.41) is 9.13. The molecule has 0 aliphatic rings. The number of carbonyl (C=O) groups is 1. The van der Waals surface area contributed by atoms with Crippen molar-refractivity contribution in [1.29, 1.82) is 0 Å². The van der Waals surface area contributed by atoms with E-state index in [1.54, 1.807) is 12.1 Å². The van der Waals surface area contributed by atoms with Gasteiger partial charge in [-0.15, -0.1) is 0 Å². The lowest BCUT2D eigenvalue weighted by Crippen LogP contribution is -2.32. The Morgan fingerprint density at radius 2 is 2.12 bits per heavy atom. The minimum atomic E-state index is -1.08. The summed E-state index contributed by atoms with van der Waals surface area (Å²) in [6.07, 6.45) is 0.120. The molecular weight excluding hydrogens is 246 g/mol. The van der Waals surface area contributed by atoms with Gasteiger partial charge in [0, 0.05) is 18.1 Å². The molecule has 0 radical (unpaired) electrons. The Morgan fingerprint density at radius 3 is 2.59 bits per heavy atom. The number of halogens is 1. The van der Waals surface area contributed by atoms with E-state index in [1.165, 1.54) is 14.2 Å². The molecule has 6 heteroatoms. The molecule has 1 unspecified atom stereocenters. The third-order valence-corrected chi connectivity index (χ3v) is 2.57. The highest BCUT2D eigenvalue weighted by Gasteiger charge is 2.18. The molecule has 17 heavy (non-hydrogen) atoms. The molecule has 1 rings (SSSR count). The van der Waals surface area contributed by atoms with Gasteiger partial charge >= 0.3 is 5.97 Å². The molecule has 0 aliphatic carbocycles. The second kappa shape index (κ2) is 5.75. The fourth-order valence-corrected chi connectivity index (χ4v) is 1.75. The third kappa shape index (κ3) is 3.25. The van der Waals surface area contributed by atoms with Crippen LogP contribution in [0.2, 0.25) is 5.02 Å². The number of hydrogen-bond acceptors (Lipinski definition) is 4. The first-order chi connectivity index (χ1) is 7.99. The second-order valence-corrected chi connectivity index (χ2v) is 3.86. The number of carboxylic acids is 1. The molecule has 1 aromatic rings. The topological polar surface area (TPSA) is 81.8 Å². The van der Waals surface area contributed by atoms with E-state index in [1.807, 2.05) is 0 Å². The van der Waals surface area contributed by atoms with E-state index in [2.05, 4.69) is 0 Å². The fourth-order valence-electron chi connectivity index (χ4n) is 1.45. The summed E-state index contributed by atoms with van der Waals surface area (Å²) < 4.78 is 10.2. The van der Waals surface area contributed by atoms with Crippen molar-refractivity contribution in [3.05, 3.63) is 22.7 Å². The van der Waals surface area contributed by atoms with Crippen LogP contribution >= 0.6 is 11.6 Å². The van der Waals surface area contributed by atoms with Crippen LogP contribution in [0.25, 0.3) is 0 Å². The van der Waals surface area contributed by atoms with Crippen molar-refractivity contribution in [3.8, 4) is 11.5 Å². The molecule has 0 saturated carbocycles. The number of aliphatic carboxylic acids is 1. The molecule has 0 amide bonds. The van der Waals surface area contributed by atoms with Crippen molar-refractivity contribution in [2.45, 2.75) is 12.5 Å². The van der Waals surface area contributed by atoms with Gasteiger partial charge in [0.05, 0.1) is 19.2 Å². The molecule has 0 aliphatic heterocycles. The molecule has 1 aromatic carbocycles. The molecule has 1 atom stereocenters. The van der Waals surface area contributed by atoms with Crippen LogP contribution < -0.4 is 15.2 Å². The molecule has 94 valence electrons. The van der Waals surface area contributed by atoms with Crippen LogP contribution in [0.1, 0.15) is 5.56 Å². The average molecular weight is 260 g/mol. The first kappa shape index (κ1) is 13.6. The summed E-state index contributed by atoms with van der Waals surface area (Å²) in [4.78, 5) is 10.7. The van der Waals surface area contributed by atoms with Crippen LogP contribution in [0, 0.1) is 0 Å². The number of ether oxygens (including phenoxy) is 2. The van der Waals surface area contributed by atoms with E-state index in [9.17, 15) is 4.79 Å². The smallest absolute Gasteiger partial charge is 0.320 e. The number of nitrogens with two attached hydrogens (primary N) is 1. The first-order valence-corrected chi connectivity index (χ1v) is 5.26. The zero-order valence-electron chi connectivity index (χ0n) is 9.57. The van der Waals surface area contributed by atoms with Gasteiger partial charge < -0.3 is 20.3 Å². The number of hydrogen-bond donors (Lipinski definition) is 2. The van der Waals surface area contributed by atoms with Crippen molar-refractivity contribution < 1.29 is 19.4 Å². The monoisotopic (exact) mass is 259 g/mol. The normalized spacial score (nSPS) is 12.0. The summed E-state index contributed by atoms with van der Waals surface area (Å²) in [5.74, 6) is -0.126. The van der Waals surface area contributed by atoms with Crippen LogP contribution in [0.5, 0.6) is 11.5 Å². The van der Waals surface area contributed by atoms with Gasteiger partial charge in [0.15, 0.2) is 0 Å². The molecule has 0 heterocycles. The highest BCUT2D eigenvalue weighted by molar-refractivity contribution is 6.32. The zero-order valence-corrected chi connectivity index (χ0v) is 10.3. The maximum absolute atomic E-state index is 10.7. The summed E-state index contributed by atoms with van der Waals surface area (Å²) >= 11 is 5.98. The molecule has 0 spiro atoms. The standard InChI is InChI=1S/C11H14ClNO4/c1-16-7-3-6(4-9(13)11(14)15)10(17-2)8(12)5-7/h3,5,9H,4,13H2,1-2H3,(H,14,15). The lowest BCUT2D eigenvalue weighted by Gasteiger charge is -2.14. The SMILES string of the molecule is COc1cc(Cl)c(OC)c(CC(N)C(=O)O)c1. The van der Waals surface area contributed by atoms with E-state index in [0.29, 0.717) is 22.1 Å². The average Bonchev–Trinajstić information content (AvgIpc) is 2.28. The molecule has 3 N–H and O–H groups in total. The van der Waals surface area contributed by atoms with Crippen molar-refractivity contribution >= 4 is 17.6 Å². The quantitative estimate of drug-likeness (QED) is 0.833. The first-order valence-electron chi connectivity index (χ1n) is 4.88. The van der Waals surface area contributed by atoms with Gasteiger partial charge in [0.1, 0.15) is 17.5 Å². The predicted octanol–water partition coefficient (Wildman–Crippen LogP) is 1.31. The summed E-state index contributed by atoms with van der Waals surface area (Å²) in [5.41, 5.74) is 6.08. The molecule has 0 saturated heterocycles. The van der Waals surface area contributed by atoms with E-state index >= 15 is 0 Å². The number of benzene rings is 1. The van der Waals surface area contributed by atoms with Gasteiger partial charge in [0.25, 0.3) is 0 Å². The Kier molecular flexibility index (Phi) is 4.60. The van der Waals surface area contributed by atoms with E-state index in [0.717, 1.165) is 0 Å². The lowest BCUT2D eigenvalue weighted by molar-refractivity contribution is -0.138. The molecule has 5 nitrogen and oxygen atoms in total. The van der Waals surface area contributed by atoms with Crippen molar-refractivity contribution in [3.63, 3.8) is 0 Å². The maximum Gasteiger partial charge on any atom is 0.320 e. The lowest BCUT2D eigenvalue weighted by atomic mass is 10.1. The summed E-state index contributed by atoms with van der Waals surface area (Å²) in [7, 11) is 2.96. The summed E-state index contributed by atoms with van der Waals surface area (Å²) in [6.45, 7) is 0. The predicted molar refractivity (Wildman–Crippen MR) is 63.9 cm³/mol. The Bertz CT molecular complexity index is 422. The summed E-state index contributed by atoms with van der Waals surface area (Å²) in [6, 6.07) is 2.25. The van der Waals surface area contributed by atoms with Crippen LogP contribution in [0.3, 0.4) is 0 Å². The zero-order chi connectivity index (χ0) is 13.0. The van der Waals surface area contributed by atoms with Crippen LogP contribution in [0.4, 0.5) is 0 Å². The Morgan fingerprint density at radius 1 is 1.47 bits per heavy atom. The minimum absolute atomic E-state index is 0.120. The van der Waals surface area contributed by atoms with Gasteiger partial charge in [-0.05, 0) is 6.07 Å². The fraction of sp³-hybridized carbons (Fsp3) is 0.364. The maximum atomic E-state index is 10.7. The van der Waals surface area contributed by atoms with Crippen molar-refractivity contribution in [2.75, 3.05) is 14.2 Å². The highest BCUT2D eigenvalue weighted by Crippen LogP contribution is 2.33. The third-order valence-electron chi connectivity index (χ3n) is 2.29. The Labute approximate surface area is 104 Å². The van der Waals surface area contributed by atoms with Gasteiger partial charge in [0.2, 0.25) is 0 Å². The minimum Gasteiger partial charge on any atom is -0.497 e.